The summed E-state index contributed by atoms with van der Waals surface area (Å²) in [5, 5.41) is 24.8. The van der Waals surface area contributed by atoms with E-state index >= 15 is 0 Å². The number of oxime groups is 1. The number of aliphatic hydroxyl groups is 2. The lowest BCUT2D eigenvalue weighted by atomic mass is 9.55. The fourth-order valence-electron chi connectivity index (χ4n) is 10.4. The summed E-state index contributed by atoms with van der Waals surface area (Å²) in [5.74, 6) is -0.800. The van der Waals surface area contributed by atoms with Gasteiger partial charge in [-0.2, -0.15) is 0 Å². The van der Waals surface area contributed by atoms with E-state index in [2.05, 4.69) is 19.6 Å². The van der Waals surface area contributed by atoms with E-state index in [0.717, 1.165) is 81.1 Å². The highest BCUT2D eigenvalue weighted by Crippen LogP contribution is 2.62. The van der Waals surface area contributed by atoms with Crippen molar-refractivity contribution in [3.8, 4) is 11.5 Å². The number of ether oxygens (including phenoxy) is 4. The second kappa shape index (κ2) is 25.1. The average molecular weight is 875 g/mol. The Labute approximate surface area is 376 Å². The molecule has 10 nitrogen and oxygen atoms in total. The Balaban J connectivity index is 1.42. The Morgan fingerprint density at radius 1 is 0.968 bits per heavy atom. The summed E-state index contributed by atoms with van der Waals surface area (Å²) in [5.41, 5.74) is 3.15. The zero-order valence-electron chi connectivity index (χ0n) is 38.2. The van der Waals surface area contributed by atoms with Gasteiger partial charge in [0.05, 0.1) is 24.8 Å². The van der Waals surface area contributed by atoms with E-state index in [4.69, 9.17) is 28.9 Å². The van der Waals surface area contributed by atoms with Crippen LogP contribution in [0.3, 0.4) is 0 Å². The number of carbonyl (C=O) groups is 1. The highest BCUT2D eigenvalue weighted by Gasteiger charge is 2.65. The average Bonchev–Trinajstić information content (AvgIpc) is 3.30. The summed E-state index contributed by atoms with van der Waals surface area (Å²) in [6.07, 6.45) is 22.3. The van der Waals surface area contributed by atoms with Crippen molar-refractivity contribution >= 4 is 11.6 Å². The Kier molecular flexibility index (Phi) is 19.4. The molecule has 1 saturated heterocycles. The van der Waals surface area contributed by atoms with Gasteiger partial charge >= 0.3 is 0 Å². The summed E-state index contributed by atoms with van der Waals surface area (Å²) in [6.45, 7) is 7.38. The van der Waals surface area contributed by atoms with Gasteiger partial charge in [-0.1, -0.05) is 107 Å². The van der Waals surface area contributed by atoms with Gasteiger partial charge in [0.25, 0.3) is 0 Å². The van der Waals surface area contributed by atoms with Crippen molar-refractivity contribution in [2.75, 3.05) is 33.5 Å². The van der Waals surface area contributed by atoms with E-state index in [1.54, 1.807) is 24.3 Å². The second-order valence-electron chi connectivity index (χ2n) is 18.1. The molecule has 1 unspecified atom stereocenters. The van der Waals surface area contributed by atoms with Crippen molar-refractivity contribution in [1.82, 2.24) is 4.90 Å². The molecule has 0 spiro atoms. The van der Waals surface area contributed by atoms with E-state index in [9.17, 15) is 19.4 Å². The van der Waals surface area contributed by atoms with Crippen LogP contribution >= 0.6 is 0 Å². The first kappa shape index (κ1) is 48.7. The van der Waals surface area contributed by atoms with Crippen molar-refractivity contribution in [3.05, 3.63) is 83.7 Å². The number of allylic oxidation sites excluding steroid dienone is 1. The number of unbranched alkanes of at least 4 members (excludes halogenated alkanes) is 10. The minimum atomic E-state index is -1.32. The van der Waals surface area contributed by atoms with Crippen LogP contribution in [0, 0.1) is 23.6 Å². The van der Waals surface area contributed by atoms with Crippen LogP contribution in [0.2, 0.25) is 0 Å². The van der Waals surface area contributed by atoms with Crippen molar-refractivity contribution in [3.63, 3.8) is 0 Å². The number of halogens is 1. The smallest absolute Gasteiger partial charge is 0.239 e. The third-order valence-electron chi connectivity index (χ3n) is 13.8. The SMILES string of the molecule is C=CCO[C@@]12Oc3ccc(OCc4ccccc4F)cc3[C@H]3[C@H](CCCCO)[C@@H](CCCCO)C=C(C(=NOC4CCCCO4)C[C@@H]1N(C)C(=O)CCCCCCCCCCC)[C@H]32. The zero-order chi connectivity index (χ0) is 44.4. The van der Waals surface area contributed by atoms with Gasteiger partial charge in [0.15, 0.2) is 0 Å². The lowest BCUT2D eigenvalue weighted by molar-refractivity contribution is -0.256. The topological polar surface area (TPSA) is 119 Å². The summed E-state index contributed by atoms with van der Waals surface area (Å²) in [6, 6.07) is 11.9. The first-order valence-electron chi connectivity index (χ1n) is 24.3. The van der Waals surface area contributed by atoms with Crippen LogP contribution in [0.1, 0.15) is 152 Å². The van der Waals surface area contributed by atoms with E-state index in [1.807, 2.05) is 30.1 Å². The van der Waals surface area contributed by atoms with Crippen LogP contribution < -0.4 is 9.47 Å². The molecular weight excluding hydrogens is 800 g/mol. The van der Waals surface area contributed by atoms with Crippen LogP contribution in [0.5, 0.6) is 11.5 Å². The maximum absolute atomic E-state index is 14.8. The van der Waals surface area contributed by atoms with Crippen LogP contribution in [0.4, 0.5) is 4.39 Å². The number of hydrogen-bond donors (Lipinski definition) is 2. The zero-order valence-corrected chi connectivity index (χ0v) is 38.2. The number of fused-ring (bicyclic) bond motifs is 2. The predicted octanol–water partition coefficient (Wildman–Crippen LogP) is 10.9. The molecule has 2 aliphatic heterocycles. The minimum Gasteiger partial charge on any atom is -0.489 e. The van der Waals surface area contributed by atoms with E-state index in [0.29, 0.717) is 49.4 Å². The Bertz CT molecular complexity index is 1800. The molecule has 0 aromatic heterocycles. The van der Waals surface area contributed by atoms with E-state index in [1.165, 1.54) is 44.6 Å². The summed E-state index contributed by atoms with van der Waals surface area (Å²) in [7, 11) is 1.88. The van der Waals surface area contributed by atoms with Gasteiger partial charge < -0.3 is 38.9 Å². The molecule has 2 N–H and O–H groups in total. The molecule has 11 heteroatoms. The van der Waals surface area contributed by atoms with Crippen molar-refractivity contribution in [1.29, 1.82) is 0 Å². The van der Waals surface area contributed by atoms with Crippen molar-refractivity contribution < 1.29 is 43.2 Å². The number of likely N-dealkylation sites (N-methyl/N-ethyl adjacent to an activating group) is 1. The van der Waals surface area contributed by atoms with Gasteiger partial charge in [0.1, 0.15) is 30.0 Å². The number of aliphatic hydroxyl groups excluding tert-OH is 2. The molecule has 2 aromatic carbocycles. The summed E-state index contributed by atoms with van der Waals surface area (Å²) in [4.78, 5) is 22.5. The molecule has 7 atom stereocenters. The Hall–Kier alpha value is -3.77. The van der Waals surface area contributed by atoms with Gasteiger partial charge in [-0.15, -0.1) is 6.58 Å². The van der Waals surface area contributed by atoms with Gasteiger partial charge in [-0.3, -0.25) is 4.79 Å². The first-order chi connectivity index (χ1) is 30.8. The lowest BCUT2D eigenvalue weighted by Crippen LogP contribution is -2.69. The third-order valence-corrected chi connectivity index (χ3v) is 13.8. The van der Waals surface area contributed by atoms with Crippen molar-refractivity contribution in [2.45, 2.75) is 166 Å². The molecule has 0 radical (unpaired) electrons. The minimum absolute atomic E-state index is 0.0351. The molecule has 2 heterocycles. The normalized spacial score (nSPS) is 25.7. The van der Waals surface area contributed by atoms with E-state index in [-0.39, 0.29) is 55.9 Å². The number of nitrogens with zero attached hydrogens (tertiary/aromatic N) is 2. The molecule has 348 valence electrons. The molecule has 63 heavy (non-hydrogen) atoms. The van der Waals surface area contributed by atoms with E-state index < -0.39 is 24.0 Å². The lowest BCUT2D eigenvalue weighted by Gasteiger charge is -2.59. The Morgan fingerprint density at radius 3 is 2.43 bits per heavy atom. The maximum atomic E-state index is 14.8. The maximum Gasteiger partial charge on any atom is 0.239 e. The largest absolute Gasteiger partial charge is 0.489 e. The first-order valence-corrected chi connectivity index (χ1v) is 24.3. The van der Waals surface area contributed by atoms with Crippen LogP contribution in [0.15, 0.2) is 71.9 Å². The molecule has 0 bridgehead atoms. The monoisotopic (exact) mass is 875 g/mol. The van der Waals surface area contributed by atoms with Crippen LogP contribution in [-0.4, -0.2) is 78.3 Å². The highest BCUT2D eigenvalue weighted by molar-refractivity contribution is 6.03. The highest BCUT2D eigenvalue weighted by atomic mass is 19.1. The fraction of sp³-hybridized carbons (Fsp3) is 0.654. The summed E-state index contributed by atoms with van der Waals surface area (Å²) >= 11 is 0. The molecule has 2 aromatic rings. The standard InChI is InChI=1S/C52H75FN2O8/c1-4-6-7-8-9-10-11-12-13-26-48(58)55(3)47-36-45(54-63-49-27-18-21-33-59-49)42-34-38(22-16-19-30-56)41(24-17-20-31-57)50-43-35-40(60-37-39-23-14-15-25-44(39)53)28-29-46(43)62-52(47,51(42)50)61-32-5-2/h5,14-15,23,25,28-29,34-35,38,41,47,49-51,56-57H,2,4,6-13,16-22,24,26-27,30-33,36-37H2,1,3H3/t38-,41+,47-,49?,50+,51+,52+/m0/s1. The number of carbonyl (C=O) groups excluding carboxylic acids is 1. The third kappa shape index (κ3) is 12.5. The number of hydrogen-bond acceptors (Lipinski definition) is 9. The molecular formula is C52H75FN2O8. The van der Waals surface area contributed by atoms with Gasteiger partial charge in [0, 0.05) is 56.6 Å². The van der Waals surface area contributed by atoms with Gasteiger partial charge in [-0.25, -0.2) is 4.39 Å². The molecule has 1 saturated carbocycles. The quantitative estimate of drug-likeness (QED) is 0.0517. The molecule has 2 fully saturated rings. The predicted molar refractivity (Wildman–Crippen MR) is 245 cm³/mol. The summed E-state index contributed by atoms with van der Waals surface area (Å²) < 4.78 is 41.4. The van der Waals surface area contributed by atoms with Gasteiger partial charge in [0.2, 0.25) is 18.0 Å². The molecule has 1 amide bonds. The number of rotatable bonds is 27. The van der Waals surface area contributed by atoms with Crippen LogP contribution in [-0.2, 0) is 25.7 Å². The fourth-order valence-corrected chi connectivity index (χ4v) is 10.4. The molecule has 2 aliphatic carbocycles. The van der Waals surface area contributed by atoms with Gasteiger partial charge in [-0.05, 0) is 86.6 Å². The molecule has 4 aliphatic rings. The van der Waals surface area contributed by atoms with Crippen molar-refractivity contribution in [2.24, 2.45) is 22.9 Å². The number of amides is 1. The molecule has 6 rings (SSSR count). The van der Waals surface area contributed by atoms with Crippen LogP contribution in [0.25, 0.3) is 0 Å². The second-order valence-corrected chi connectivity index (χ2v) is 18.1. The Morgan fingerprint density at radius 2 is 1.71 bits per heavy atom. The number of benzene rings is 2.